The quantitative estimate of drug-likeness (QED) is 0.854. The lowest BCUT2D eigenvalue weighted by Gasteiger charge is -2.33. The first-order valence-corrected chi connectivity index (χ1v) is 6.55. The van der Waals surface area contributed by atoms with E-state index < -0.39 is 0 Å². The Labute approximate surface area is 117 Å². The van der Waals surface area contributed by atoms with E-state index in [4.69, 9.17) is 10.5 Å². The molecular formula is C13H18N4O3. The van der Waals surface area contributed by atoms with E-state index in [9.17, 15) is 9.59 Å². The monoisotopic (exact) mass is 278 g/mol. The molecule has 2 amide bonds. The van der Waals surface area contributed by atoms with Gasteiger partial charge in [0.15, 0.2) is 5.69 Å². The highest BCUT2D eigenvalue weighted by Crippen LogP contribution is 2.13. The van der Waals surface area contributed by atoms with E-state index >= 15 is 0 Å². The predicted molar refractivity (Wildman–Crippen MR) is 73.1 cm³/mol. The number of pyridine rings is 1. The minimum Gasteiger partial charge on any atom is -0.450 e. The van der Waals surface area contributed by atoms with E-state index in [2.05, 4.69) is 4.98 Å². The van der Waals surface area contributed by atoms with E-state index in [1.165, 1.54) is 0 Å². The molecule has 0 radical (unpaired) electrons. The average molecular weight is 278 g/mol. The van der Waals surface area contributed by atoms with Gasteiger partial charge in [-0.2, -0.15) is 0 Å². The van der Waals surface area contributed by atoms with Crippen LogP contribution in [0.3, 0.4) is 0 Å². The van der Waals surface area contributed by atoms with Crippen molar-refractivity contribution in [1.82, 2.24) is 14.8 Å². The number of carbonyl (C=O) groups excluding carboxylic acids is 2. The van der Waals surface area contributed by atoms with Gasteiger partial charge >= 0.3 is 6.09 Å². The smallest absolute Gasteiger partial charge is 0.409 e. The predicted octanol–water partition coefficient (Wildman–Crippen LogP) is 0.578. The molecule has 1 aromatic rings. The van der Waals surface area contributed by atoms with Crippen LogP contribution in [0.5, 0.6) is 0 Å². The fraction of sp³-hybridized carbons (Fsp3) is 0.462. The van der Waals surface area contributed by atoms with Gasteiger partial charge in [-0.25, -0.2) is 9.78 Å². The van der Waals surface area contributed by atoms with E-state index in [-0.39, 0.29) is 17.7 Å². The van der Waals surface area contributed by atoms with Crippen LogP contribution in [0.4, 0.5) is 10.5 Å². The molecule has 1 aliphatic heterocycles. The van der Waals surface area contributed by atoms with Gasteiger partial charge in [-0.05, 0) is 19.1 Å². The van der Waals surface area contributed by atoms with Gasteiger partial charge in [0.05, 0.1) is 12.3 Å². The molecule has 0 saturated carbocycles. The molecule has 20 heavy (non-hydrogen) atoms. The third-order valence-electron chi connectivity index (χ3n) is 3.13. The zero-order chi connectivity index (χ0) is 14.5. The van der Waals surface area contributed by atoms with Crippen LogP contribution < -0.4 is 5.73 Å². The first-order chi connectivity index (χ1) is 9.63. The molecule has 7 heteroatoms. The molecule has 0 atom stereocenters. The van der Waals surface area contributed by atoms with Crippen molar-refractivity contribution in [3.63, 3.8) is 0 Å². The Morgan fingerprint density at radius 3 is 2.55 bits per heavy atom. The highest BCUT2D eigenvalue weighted by molar-refractivity contribution is 5.97. The summed E-state index contributed by atoms with van der Waals surface area (Å²) in [5.74, 6) is -0.202. The molecule has 2 rings (SSSR count). The second-order valence-corrected chi connectivity index (χ2v) is 4.42. The molecule has 0 bridgehead atoms. The lowest BCUT2D eigenvalue weighted by atomic mass is 10.2. The van der Waals surface area contributed by atoms with Crippen LogP contribution in [0.15, 0.2) is 18.3 Å². The maximum absolute atomic E-state index is 12.3. The number of rotatable bonds is 2. The third-order valence-corrected chi connectivity index (χ3v) is 3.13. The van der Waals surface area contributed by atoms with Crippen molar-refractivity contribution in [3.05, 3.63) is 24.0 Å². The number of nitrogens with two attached hydrogens (primary N) is 1. The van der Waals surface area contributed by atoms with Crippen molar-refractivity contribution in [2.75, 3.05) is 38.5 Å². The summed E-state index contributed by atoms with van der Waals surface area (Å²) >= 11 is 0. The van der Waals surface area contributed by atoms with Crippen molar-refractivity contribution in [2.24, 2.45) is 0 Å². The van der Waals surface area contributed by atoms with Crippen LogP contribution in [0.25, 0.3) is 0 Å². The number of hydrogen-bond acceptors (Lipinski definition) is 5. The van der Waals surface area contributed by atoms with Crippen molar-refractivity contribution < 1.29 is 14.3 Å². The molecule has 7 nitrogen and oxygen atoms in total. The summed E-state index contributed by atoms with van der Waals surface area (Å²) in [5, 5.41) is 0. The SMILES string of the molecule is CCOC(=O)N1CCN(C(=O)c2ncccc2N)CC1. The lowest BCUT2D eigenvalue weighted by Crippen LogP contribution is -2.51. The summed E-state index contributed by atoms with van der Waals surface area (Å²) in [4.78, 5) is 31.1. The molecule has 0 unspecified atom stereocenters. The molecule has 2 N–H and O–H groups in total. The summed E-state index contributed by atoms with van der Waals surface area (Å²) in [5.41, 5.74) is 6.38. The van der Waals surface area contributed by atoms with Crippen LogP contribution in [0.1, 0.15) is 17.4 Å². The van der Waals surface area contributed by atoms with Crippen molar-refractivity contribution in [2.45, 2.75) is 6.92 Å². The highest BCUT2D eigenvalue weighted by Gasteiger charge is 2.26. The van der Waals surface area contributed by atoms with E-state index in [0.717, 1.165) is 0 Å². The number of carbonyl (C=O) groups is 2. The second-order valence-electron chi connectivity index (χ2n) is 4.42. The molecule has 1 aromatic heterocycles. The summed E-state index contributed by atoms with van der Waals surface area (Å²) < 4.78 is 4.93. The number of aromatic nitrogens is 1. The van der Waals surface area contributed by atoms with Crippen LogP contribution in [0.2, 0.25) is 0 Å². The van der Waals surface area contributed by atoms with Crippen molar-refractivity contribution in [1.29, 1.82) is 0 Å². The number of hydrogen-bond donors (Lipinski definition) is 1. The Hall–Kier alpha value is -2.31. The normalized spacial score (nSPS) is 15.1. The molecular weight excluding hydrogens is 260 g/mol. The van der Waals surface area contributed by atoms with Crippen molar-refractivity contribution in [3.8, 4) is 0 Å². The molecule has 1 fully saturated rings. The lowest BCUT2D eigenvalue weighted by molar-refractivity contribution is 0.0567. The van der Waals surface area contributed by atoms with Gasteiger partial charge in [0.25, 0.3) is 5.91 Å². The Kier molecular flexibility index (Phi) is 4.39. The van der Waals surface area contributed by atoms with Gasteiger partial charge in [0, 0.05) is 32.4 Å². The Morgan fingerprint density at radius 2 is 1.95 bits per heavy atom. The van der Waals surface area contributed by atoms with E-state index in [1.807, 2.05) is 0 Å². The van der Waals surface area contributed by atoms with E-state index in [0.29, 0.717) is 38.5 Å². The molecule has 1 aliphatic rings. The fourth-order valence-corrected chi connectivity index (χ4v) is 2.05. The van der Waals surface area contributed by atoms with Crippen molar-refractivity contribution >= 4 is 17.7 Å². The number of nitrogens with zero attached hydrogens (tertiary/aromatic N) is 3. The Morgan fingerprint density at radius 1 is 1.30 bits per heavy atom. The van der Waals surface area contributed by atoms with Crippen LogP contribution >= 0.6 is 0 Å². The molecule has 0 aromatic carbocycles. The minimum atomic E-state index is -0.336. The number of amides is 2. The number of piperazine rings is 1. The average Bonchev–Trinajstić information content (AvgIpc) is 2.47. The zero-order valence-electron chi connectivity index (χ0n) is 11.4. The summed E-state index contributed by atoms with van der Waals surface area (Å²) in [6, 6.07) is 3.33. The standard InChI is InChI=1S/C13H18N4O3/c1-2-20-13(19)17-8-6-16(7-9-17)12(18)11-10(14)4-3-5-15-11/h3-5H,2,6-9,14H2,1H3. The summed E-state index contributed by atoms with van der Waals surface area (Å²) in [6.07, 6.45) is 1.20. The number of nitrogen functional groups attached to an aromatic ring is 1. The third kappa shape index (κ3) is 2.98. The Bertz CT molecular complexity index is 498. The molecule has 0 spiro atoms. The topological polar surface area (TPSA) is 88.8 Å². The highest BCUT2D eigenvalue weighted by atomic mass is 16.6. The van der Waals surface area contributed by atoms with Gasteiger partial charge in [-0.1, -0.05) is 0 Å². The first kappa shape index (κ1) is 14.1. The fourth-order valence-electron chi connectivity index (χ4n) is 2.05. The molecule has 0 aliphatic carbocycles. The minimum absolute atomic E-state index is 0.202. The Balaban J connectivity index is 1.96. The maximum atomic E-state index is 12.3. The zero-order valence-corrected chi connectivity index (χ0v) is 11.4. The van der Waals surface area contributed by atoms with E-state index in [1.54, 1.807) is 35.1 Å². The van der Waals surface area contributed by atoms with Crippen LogP contribution in [-0.2, 0) is 4.74 Å². The second kappa shape index (κ2) is 6.23. The van der Waals surface area contributed by atoms with Gasteiger partial charge in [-0.15, -0.1) is 0 Å². The maximum Gasteiger partial charge on any atom is 0.409 e. The van der Waals surface area contributed by atoms with Gasteiger partial charge in [0.1, 0.15) is 0 Å². The van der Waals surface area contributed by atoms with Gasteiger partial charge in [-0.3, -0.25) is 4.79 Å². The number of anilines is 1. The van der Waals surface area contributed by atoms with Crippen LogP contribution in [0, 0.1) is 0 Å². The van der Waals surface area contributed by atoms with Gasteiger partial charge < -0.3 is 20.3 Å². The van der Waals surface area contributed by atoms with Crippen LogP contribution in [-0.4, -0.2) is 59.6 Å². The number of ether oxygens (including phenoxy) is 1. The summed E-state index contributed by atoms with van der Waals surface area (Å²) in [6.45, 7) is 3.93. The molecule has 108 valence electrons. The first-order valence-electron chi connectivity index (χ1n) is 6.55. The molecule has 1 saturated heterocycles. The largest absolute Gasteiger partial charge is 0.450 e. The molecule has 2 heterocycles. The summed E-state index contributed by atoms with van der Waals surface area (Å²) in [7, 11) is 0. The van der Waals surface area contributed by atoms with Gasteiger partial charge in [0.2, 0.25) is 0 Å².